The summed E-state index contributed by atoms with van der Waals surface area (Å²) in [5, 5.41) is 8.73. The molecule has 1 aliphatic rings. The maximum Gasteiger partial charge on any atom is 0.412 e. The molecule has 4 aromatic heterocycles. The van der Waals surface area contributed by atoms with Crippen LogP contribution in [-0.2, 0) is 40.2 Å². The minimum absolute atomic E-state index is 0.145. The Morgan fingerprint density at radius 2 is 1.46 bits per heavy atom. The zero-order valence-electron chi connectivity index (χ0n) is 34.0. The van der Waals surface area contributed by atoms with Crippen LogP contribution in [0.2, 0.25) is 0 Å². The highest BCUT2D eigenvalue weighted by molar-refractivity contribution is 6.20. The Hall–Kier alpha value is -6.75. The molecular formula is C41H45ClN8O9. The zero-order valence-corrected chi connectivity index (χ0v) is 34.8. The Kier molecular flexibility index (Phi) is 11.5. The summed E-state index contributed by atoms with van der Waals surface area (Å²) in [4.78, 5) is 82.3. The van der Waals surface area contributed by atoms with E-state index in [9.17, 15) is 28.8 Å². The summed E-state index contributed by atoms with van der Waals surface area (Å²) in [5.74, 6) is -2.53. The van der Waals surface area contributed by atoms with Crippen molar-refractivity contribution in [2.24, 2.45) is 21.1 Å². The van der Waals surface area contributed by atoms with Crippen molar-refractivity contribution in [1.82, 2.24) is 18.7 Å². The average molecular weight is 829 g/mol. The normalized spacial score (nSPS) is 13.7. The molecule has 4 N–H and O–H groups in total. The number of fused-ring (bicyclic) bond motifs is 3. The van der Waals surface area contributed by atoms with Crippen molar-refractivity contribution < 1.29 is 43.0 Å². The van der Waals surface area contributed by atoms with Crippen LogP contribution in [0, 0.1) is 6.92 Å². The fourth-order valence-corrected chi connectivity index (χ4v) is 7.30. The van der Waals surface area contributed by atoms with Gasteiger partial charge in [-0.2, -0.15) is 0 Å². The quantitative estimate of drug-likeness (QED) is 0.0530. The molecule has 0 spiro atoms. The number of anilines is 4. The van der Waals surface area contributed by atoms with E-state index in [-0.39, 0.29) is 41.0 Å². The number of aryl methyl sites for hydroxylation is 4. The van der Waals surface area contributed by atoms with Gasteiger partial charge in [0.15, 0.2) is 5.75 Å². The molecule has 1 aromatic carbocycles. The van der Waals surface area contributed by atoms with Crippen LogP contribution in [0.5, 0.6) is 5.75 Å². The zero-order chi connectivity index (χ0) is 43.1. The fraction of sp³-hybridized carbons (Fsp3) is 0.317. The first-order valence-electron chi connectivity index (χ1n) is 18.4. The number of alkyl halides is 1. The number of aromatic nitrogens is 4. The van der Waals surface area contributed by atoms with E-state index in [0.717, 1.165) is 0 Å². The summed E-state index contributed by atoms with van der Waals surface area (Å²) >= 11 is 6.44. The summed E-state index contributed by atoms with van der Waals surface area (Å²) in [6, 6.07) is 6.33. The molecule has 0 radical (unpaired) electrons. The molecule has 5 heterocycles. The van der Waals surface area contributed by atoms with Crippen LogP contribution >= 0.6 is 11.6 Å². The van der Waals surface area contributed by atoms with E-state index in [1.165, 1.54) is 37.1 Å². The molecule has 1 atom stereocenters. The molecule has 17 nitrogen and oxygen atoms in total. The van der Waals surface area contributed by atoms with E-state index in [0.29, 0.717) is 50.6 Å². The molecule has 59 heavy (non-hydrogen) atoms. The average Bonchev–Trinajstić information content (AvgIpc) is 3.95. The van der Waals surface area contributed by atoms with Gasteiger partial charge in [0.2, 0.25) is 0 Å². The molecule has 0 saturated carbocycles. The number of nitrogens with zero attached hydrogens (tertiary/aromatic N) is 4. The molecular weight excluding hydrogens is 784 g/mol. The van der Waals surface area contributed by atoms with Gasteiger partial charge in [0, 0.05) is 93.9 Å². The molecule has 6 rings (SSSR count). The number of amides is 4. The Morgan fingerprint density at radius 1 is 0.881 bits per heavy atom. The number of carbonyl (C=O) groups is 6. The molecule has 1 unspecified atom stereocenters. The number of rotatable bonds is 10. The third kappa shape index (κ3) is 8.74. The highest BCUT2D eigenvalue weighted by Crippen LogP contribution is 2.47. The lowest BCUT2D eigenvalue weighted by Crippen LogP contribution is -2.28. The molecule has 0 fully saturated rings. The number of hydrogen-bond donors (Lipinski definition) is 4. The van der Waals surface area contributed by atoms with Crippen molar-refractivity contribution in [3.63, 3.8) is 0 Å². The van der Waals surface area contributed by atoms with Crippen molar-refractivity contribution in [3.8, 4) is 5.75 Å². The van der Waals surface area contributed by atoms with Crippen molar-refractivity contribution in [2.75, 3.05) is 40.4 Å². The Labute approximate surface area is 344 Å². The fourth-order valence-electron chi connectivity index (χ4n) is 7.05. The number of benzene rings is 1. The standard InChI is InChI=1S/C41H45ClN8O9/c1-21-33(39(55)57-9)35-34-23(16-42)17-50(28(34)15-31(36(35)43-21)58-22(2)51)32(52)11-10-27-12-24(18-47(27)6)44-37(53)29-13-25(19-48(29)7)45-38(54)30-14-26(20-49(30)8)46-40(56)59-41(3,4)5/h10-15,18-20,23,43H,16-17H2,1-9H3,(H,44,53)(H,45,54)(H,46,56)/b11-10+. The van der Waals surface area contributed by atoms with Crippen LogP contribution in [0.15, 0.2) is 48.9 Å². The molecule has 0 aliphatic carbocycles. The highest BCUT2D eigenvalue weighted by atomic mass is 35.5. The molecule has 4 amide bonds. The predicted molar refractivity (Wildman–Crippen MR) is 223 cm³/mol. The van der Waals surface area contributed by atoms with E-state index in [2.05, 4.69) is 20.9 Å². The minimum Gasteiger partial charge on any atom is -0.465 e. The second-order valence-corrected chi connectivity index (χ2v) is 15.5. The topological polar surface area (TPSA) is 200 Å². The van der Waals surface area contributed by atoms with Gasteiger partial charge < -0.3 is 48.4 Å². The molecule has 18 heteroatoms. The van der Waals surface area contributed by atoms with Gasteiger partial charge in [-0.15, -0.1) is 11.6 Å². The monoisotopic (exact) mass is 828 g/mol. The minimum atomic E-state index is -0.688. The largest absolute Gasteiger partial charge is 0.465 e. The van der Waals surface area contributed by atoms with Gasteiger partial charge in [0.25, 0.3) is 17.7 Å². The summed E-state index contributed by atoms with van der Waals surface area (Å²) in [6.45, 7) is 8.41. The summed E-state index contributed by atoms with van der Waals surface area (Å²) in [6.07, 6.45) is 7.20. The van der Waals surface area contributed by atoms with Crippen LogP contribution in [0.4, 0.5) is 27.5 Å². The number of ether oxygens (including phenoxy) is 3. The van der Waals surface area contributed by atoms with E-state index in [1.807, 2.05) is 0 Å². The molecule has 5 aromatic rings. The first-order chi connectivity index (χ1) is 27.8. The molecule has 0 saturated heterocycles. The lowest BCUT2D eigenvalue weighted by molar-refractivity contribution is -0.131. The van der Waals surface area contributed by atoms with Gasteiger partial charge in [-0.1, -0.05) is 0 Å². The molecule has 310 valence electrons. The van der Waals surface area contributed by atoms with Gasteiger partial charge in [-0.05, 0) is 57.5 Å². The number of halogens is 1. The maximum absolute atomic E-state index is 13.8. The SMILES string of the molecule is COC(=O)c1c(C)[nH]c2c(OC(C)=O)cc3c(c12)C(CCl)CN3C(=O)/C=C/c1cc(NC(=O)c2cc(NC(=O)c3cc(NC(=O)OC(C)(C)C)cn3C)cn2C)cn1C. The Morgan fingerprint density at radius 3 is 2.02 bits per heavy atom. The second-order valence-electron chi connectivity index (χ2n) is 15.2. The van der Waals surface area contributed by atoms with E-state index in [1.54, 1.807) is 99.3 Å². The number of aromatic amines is 1. The van der Waals surface area contributed by atoms with Gasteiger partial charge in [-0.3, -0.25) is 24.5 Å². The maximum atomic E-state index is 13.8. The second kappa shape index (κ2) is 16.2. The summed E-state index contributed by atoms with van der Waals surface area (Å²) < 4.78 is 20.7. The number of carbonyl (C=O) groups excluding carboxylic acids is 6. The van der Waals surface area contributed by atoms with Crippen LogP contribution in [0.1, 0.15) is 81.9 Å². The number of methoxy groups -OCH3 is 1. The lowest BCUT2D eigenvalue weighted by Gasteiger charge is -2.19. The van der Waals surface area contributed by atoms with Gasteiger partial charge in [0.05, 0.1) is 40.9 Å². The number of H-pyrrole nitrogens is 1. The number of nitrogens with one attached hydrogen (secondary N) is 4. The summed E-state index contributed by atoms with van der Waals surface area (Å²) in [5.41, 5.74) is 3.91. The number of esters is 2. The van der Waals surface area contributed by atoms with E-state index >= 15 is 0 Å². The van der Waals surface area contributed by atoms with Crippen LogP contribution < -0.4 is 25.6 Å². The van der Waals surface area contributed by atoms with E-state index < -0.39 is 41.4 Å². The van der Waals surface area contributed by atoms with Crippen molar-refractivity contribution in [2.45, 2.75) is 46.1 Å². The van der Waals surface area contributed by atoms with Gasteiger partial charge >= 0.3 is 18.0 Å². The van der Waals surface area contributed by atoms with Crippen LogP contribution in [0.25, 0.3) is 17.0 Å². The third-order valence-electron chi connectivity index (χ3n) is 9.52. The van der Waals surface area contributed by atoms with Gasteiger partial charge in [-0.25, -0.2) is 9.59 Å². The lowest BCUT2D eigenvalue weighted by atomic mass is 9.95. The smallest absolute Gasteiger partial charge is 0.412 e. The third-order valence-corrected chi connectivity index (χ3v) is 9.89. The number of hydrogen-bond acceptors (Lipinski definition) is 9. The molecule has 1 aliphatic heterocycles. The van der Waals surface area contributed by atoms with Crippen LogP contribution in [-0.4, -0.2) is 79.6 Å². The first kappa shape index (κ1) is 41.9. The van der Waals surface area contributed by atoms with Crippen molar-refractivity contribution >= 4 is 87.1 Å². The first-order valence-corrected chi connectivity index (χ1v) is 18.9. The Bertz CT molecular complexity index is 2570. The Balaban J connectivity index is 1.16. The van der Waals surface area contributed by atoms with Crippen molar-refractivity contribution in [1.29, 1.82) is 0 Å². The van der Waals surface area contributed by atoms with Crippen molar-refractivity contribution in [3.05, 3.63) is 82.8 Å². The molecule has 0 bridgehead atoms. The van der Waals surface area contributed by atoms with Gasteiger partial charge in [0.1, 0.15) is 17.0 Å². The predicted octanol–water partition coefficient (Wildman–Crippen LogP) is 6.44. The van der Waals surface area contributed by atoms with Crippen LogP contribution in [0.3, 0.4) is 0 Å². The summed E-state index contributed by atoms with van der Waals surface area (Å²) in [7, 11) is 6.36. The van der Waals surface area contributed by atoms with E-state index in [4.69, 9.17) is 25.8 Å². The highest BCUT2D eigenvalue weighted by Gasteiger charge is 2.37.